The van der Waals surface area contributed by atoms with E-state index < -0.39 is 0 Å². The molecule has 1 nitrogen and oxygen atoms in total. The fourth-order valence-electron chi connectivity index (χ4n) is 0.381. The van der Waals surface area contributed by atoms with Crippen LogP contribution in [0.5, 0.6) is 0 Å². The number of hydrogen-bond acceptors (Lipinski definition) is 1. The molecule has 0 aliphatic rings. The van der Waals surface area contributed by atoms with Gasteiger partial charge in [0.05, 0.1) is 0 Å². The minimum Gasteiger partial charge on any atom is -0.317 e. The highest BCUT2D eigenvalue weighted by molar-refractivity contribution is 6.21. The number of allylic oxidation sites excluding steroid dienone is 1. The Balaban J connectivity index is 3.17. The molecular formula is C5H12BN. The summed E-state index contributed by atoms with van der Waals surface area (Å²) in [6, 6.07) is 0. The zero-order valence-corrected chi connectivity index (χ0v) is 5.28. The van der Waals surface area contributed by atoms with Crippen molar-refractivity contribution in [3.05, 3.63) is 11.5 Å². The molecule has 0 saturated carbocycles. The van der Waals surface area contributed by atoms with Crippen LogP contribution in [0.1, 0.15) is 6.92 Å². The molecule has 0 spiro atoms. The third-order valence-corrected chi connectivity index (χ3v) is 0.948. The van der Waals surface area contributed by atoms with E-state index in [9.17, 15) is 0 Å². The van der Waals surface area contributed by atoms with Gasteiger partial charge in [-0.2, -0.15) is 0 Å². The van der Waals surface area contributed by atoms with Crippen molar-refractivity contribution in [3.63, 3.8) is 0 Å². The normalized spacial score (nSPS) is 12.0. The molecule has 0 unspecified atom stereocenters. The lowest BCUT2D eigenvalue weighted by molar-refractivity contribution is 0.908. The van der Waals surface area contributed by atoms with Crippen molar-refractivity contribution in [2.24, 2.45) is 0 Å². The molecule has 0 amide bonds. The molecule has 0 aromatic carbocycles. The SMILES string of the molecule is B/C(=C/C)CNC. The number of hydrogen-bond donors (Lipinski definition) is 1. The number of nitrogens with one attached hydrogen (secondary N) is 1. The Morgan fingerprint density at radius 2 is 2.43 bits per heavy atom. The Kier molecular flexibility index (Phi) is 3.81. The summed E-state index contributed by atoms with van der Waals surface area (Å²) in [4.78, 5) is 0. The monoisotopic (exact) mass is 97.1 g/mol. The van der Waals surface area contributed by atoms with Gasteiger partial charge < -0.3 is 5.32 Å². The summed E-state index contributed by atoms with van der Waals surface area (Å²) in [5.41, 5.74) is 1.39. The zero-order valence-electron chi connectivity index (χ0n) is 5.28. The summed E-state index contributed by atoms with van der Waals surface area (Å²) in [5, 5.41) is 3.05. The number of likely N-dealkylation sites (N-methyl/N-ethyl adjacent to an activating group) is 1. The molecule has 0 atom stereocenters. The zero-order chi connectivity index (χ0) is 5.70. The lowest BCUT2D eigenvalue weighted by atomic mass is 9.96. The lowest BCUT2D eigenvalue weighted by Crippen LogP contribution is -2.09. The van der Waals surface area contributed by atoms with Gasteiger partial charge in [0.2, 0.25) is 0 Å². The van der Waals surface area contributed by atoms with Crippen LogP contribution in [0.25, 0.3) is 0 Å². The first kappa shape index (κ1) is 6.76. The van der Waals surface area contributed by atoms with Gasteiger partial charge in [0, 0.05) is 6.54 Å². The average molecular weight is 97.0 g/mol. The van der Waals surface area contributed by atoms with Crippen molar-refractivity contribution >= 4 is 7.85 Å². The maximum Gasteiger partial charge on any atom is 0.135 e. The van der Waals surface area contributed by atoms with Crippen LogP contribution in [-0.2, 0) is 0 Å². The topological polar surface area (TPSA) is 12.0 Å². The van der Waals surface area contributed by atoms with Gasteiger partial charge in [-0.05, 0) is 14.0 Å². The van der Waals surface area contributed by atoms with E-state index >= 15 is 0 Å². The van der Waals surface area contributed by atoms with Gasteiger partial charge in [-0.3, -0.25) is 0 Å². The minimum absolute atomic E-state index is 1.01. The third-order valence-electron chi connectivity index (χ3n) is 0.948. The highest BCUT2D eigenvalue weighted by Gasteiger charge is 1.78. The molecule has 7 heavy (non-hydrogen) atoms. The first-order chi connectivity index (χ1) is 3.31. The summed E-state index contributed by atoms with van der Waals surface area (Å²) in [5.74, 6) is 0. The maximum absolute atomic E-state index is 3.05. The van der Waals surface area contributed by atoms with E-state index in [2.05, 4.69) is 19.2 Å². The van der Waals surface area contributed by atoms with Crippen molar-refractivity contribution in [2.45, 2.75) is 6.92 Å². The van der Waals surface area contributed by atoms with Gasteiger partial charge in [-0.25, -0.2) is 0 Å². The fourth-order valence-corrected chi connectivity index (χ4v) is 0.381. The molecule has 2 heteroatoms. The van der Waals surface area contributed by atoms with Gasteiger partial charge in [0.25, 0.3) is 0 Å². The molecule has 0 rings (SSSR count). The number of rotatable bonds is 2. The summed E-state index contributed by atoms with van der Waals surface area (Å²) >= 11 is 0. The molecule has 0 heterocycles. The molecule has 1 N–H and O–H groups in total. The van der Waals surface area contributed by atoms with E-state index in [1.54, 1.807) is 0 Å². The van der Waals surface area contributed by atoms with Crippen LogP contribution >= 0.6 is 0 Å². The third kappa shape index (κ3) is 3.60. The standard InChI is InChI=1S/C5H12BN/c1-3-5(6)4-7-2/h3,7H,4,6H2,1-2H3/b5-3+. The Morgan fingerprint density at radius 3 is 2.57 bits per heavy atom. The molecule has 40 valence electrons. The molecule has 0 aromatic heterocycles. The van der Waals surface area contributed by atoms with Crippen LogP contribution < -0.4 is 5.32 Å². The van der Waals surface area contributed by atoms with Gasteiger partial charge in [0.1, 0.15) is 7.85 Å². The molecular weight excluding hydrogens is 84.9 g/mol. The van der Waals surface area contributed by atoms with Crippen molar-refractivity contribution in [3.8, 4) is 0 Å². The van der Waals surface area contributed by atoms with Crippen molar-refractivity contribution in [1.82, 2.24) is 5.32 Å². The van der Waals surface area contributed by atoms with Gasteiger partial charge in [-0.1, -0.05) is 6.08 Å². The second-order valence-electron chi connectivity index (χ2n) is 1.67. The molecule has 0 aromatic rings. The van der Waals surface area contributed by atoms with Crippen LogP contribution in [0.2, 0.25) is 0 Å². The van der Waals surface area contributed by atoms with E-state index in [1.807, 2.05) is 14.0 Å². The molecule has 0 fully saturated rings. The fraction of sp³-hybridized carbons (Fsp3) is 0.600. The van der Waals surface area contributed by atoms with E-state index in [1.165, 1.54) is 5.47 Å². The van der Waals surface area contributed by atoms with Gasteiger partial charge in [0.15, 0.2) is 0 Å². The van der Waals surface area contributed by atoms with Crippen LogP contribution in [0.15, 0.2) is 11.5 Å². The Morgan fingerprint density at radius 1 is 1.86 bits per heavy atom. The van der Waals surface area contributed by atoms with E-state index in [-0.39, 0.29) is 0 Å². The minimum atomic E-state index is 1.01. The molecule has 0 saturated heterocycles. The molecule has 0 bridgehead atoms. The van der Waals surface area contributed by atoms with E-state index in [0.717, 1.165) is 6.54 Å². The van der Waals surface area contributed by atoms with Crippen molar-refractivity contribution in [2.75, 3.05) is 13.6 Å². The largest absolute Gasteiger partial charge is 0.317 e. The van der Waals surface area contributed by atoms with Crippen LogP contribution in [-0.4, -0.2) is 21.4 Å². The molecule has 0 radical (unpaired) electrons. The lowest BCUT2D eigenvalue weighted by Gasteiger charge is -1.93. The van der Waals surface area contributed by atoms with Crippen molar-refractivity contribution < 1.29 is 0 Å². The van der Waals surface area contributed by atoms with Crippen LogP contribution in [0.4, 0.5) is 0 Å². The van der Waals surface area contributed by atoms with Gasteiger partial charge in [-0.15, -0.1) is 5.47 Å². The Labute approximate surface area is 46.2 Å². The smallest absolute Gasteiger partial charge is 0.135 e. The summed E-state index contributed by atoms with van der Waals surface area (Å²) in [6.07, 6.45) is 2.11. The average Bonchev–Trinajstić information content (AvgIpc) is 1.68. The predicted octanol–water partition coefficient (Wildman–Crippen LogP) is -0.257. The van der Waals surface area contributed by atoms with Crippen LogP contribution in [0, 0.1) is 0 Å². The summed E-state index contributed by atoms with van der Waals surface area (Å²) < 4.78 is 0. The van der Waals surface area contributed by atoms with Gasteiger partial charge >= 0.3 is 0 Å². The Bertz CT molecular complexity index is 68.5. The Hall–Kier alpha value is -0.235. The molecule has 0 aliphatic heterocycles. The first-order valence-electron chi connectivity index (χ1n) is 2.57. The van der Waals surface area contributed by atoms with E-state index in [0.29, 0.717) is 0 Å². The second kappa shape index (κ2) is 3.94. The predicted molar refractivity (Wildman–Crippen MR) is 36.2 cm³/mol. The molecule has 0 aliphatic carbocycles. The summed E-state index contributed by atoms with van der Waals surface area (Å²) in [6.45, 7) is 3.06. The van der Waals surface area contributed by atoms with Crippen LogP contribution in [0.3, 0.4) is 0 Å². The highest BCUT2D eigenvalue weighted by atomic mass is 14.8. The maximum atomic E-state index is 3.05. The first-order valence-corrected chi connectivity index (χ1v) is 2.57. The van der Waals surface area contributed by atoms with E-state index in [4.69, 9.17) is 0 Å². The quantitative estimate of drug-likeness (QED) is 0.468. The highest BCUT2D eigenvalue weighted by Crippen LogP contribution is 1.79. The second-order valence-corrected chi connectivity index (χ2v) is 1.67. The van der Waals surface area contributed by atoms with Crippen molar-refractivity contribution in [1.29, 1.82) is 0 Å². The summed E-state index contributed by atoms with van der Waals surface area (Å²) in [7, 11) is 4.06.